The van der Waals surface area contributed by atoms with Crippen molar-refractivity contribution >= 4 is 35.0 Å². The lowest BCUT2D eigenvalue weighted by atomic mass is 10.0. The number of hydrogen-bond donors (Lipinski definition) is 1. The van der Waals surface area contributed by atoms with Crippen molar-refractivity contribution < 1.29 is 19.1 Å². The van der Waals surface area contributed by atoms with Gasteiger partial charge in [-0.15, -0.1) is 11.6 Å². The van der Waals surface area contributed by atoms with Gasteiger partial charge in [0.15, 0.2) is 11.5 Å². The van der Waals surface area contributed by atoms with Crippen molar-refractivity contribution in [3.05, 3.63) is 58.6 Å². The van der Waals surface area contributed by atoms with Gasteiger partial charge in [0.05, 0.1) is 0 Å². The Balaban J connectivity index is 1.66. The van der Waals surface area contributed by atoms with Crippen molar-refractivity contribution in [2.75, 3.05) is 12.7 Å². The highest BCUT2D eigenvalue weighted by atomic mass is 35.5. The van der Waals surface area contributed by atoms with E-state index in [9.17, 15) is 9.59 Å². The molecule has 1 N–H and O–H groups in total. The first-order valence-electron chi connectivity index (χ1n) is 10.3. The molecule has 1 atom stereocenters. The maximum atomic E-state index is 13.4. The zero-order chi connectivity index (χ0) is 21.8. The zero-order valence-corrected chi connectivity index (χ0v) is 18.5. The minimum absolute atomic E-state index is 0.126. The second kappa shape index (κ2) is 9.79. The molecule has 1 saturated carbocycles. The van der Waals surface area contributed by atoms with Crippen LogP contribution in [-0.2, 0) is 16.1 Å². The molecule has 0 aromatic heterocycles. The van der Waals surface area contributed by atoms with Crippen molar-refractivity contribution in [2.24, 2.45) is 0 Å². The summed E-state index contributed by atoms with van der Waals surface area (Å²) in [4.78, 5) is 27.8. The number of hydrogen-bond acceptors (Lipinski definition) is 4. The molecule has 2 aliphatic rings. The summed E-state index contributed by atoms with van der Waals surface area (Å²) in [5, 5.41) is 3.69. The molecule has 0 unspecified atom stereocenters. The van der Waals surface area contributed by atoms with E-state index in [0.29, 0.717) is 22.1 Å². The summed E-state index contributed by atoms with van der Waals surface area (Å²) >= 11 is 12.0. The summed E-state index contributed by atoms with van der Waals surface area (Å²) in [7, 11) is 0. The number of nitrogens with zero attached hydrogens (tertiary/aromatic N) is 1. The second-order valence-electron chi connectivity index (χ2n) is 7.79. The molecule has 1 heterocycles. The van der Waals surface area contributed by atoms with E-state index in [0.717, 1.165) is 31.2 Å². The minimum atomic E-state index is -0.825. The van der Waals surface area contributed by atoms with E-state index in [1.54, 1.807) is 30.3 Å². The third-order valence-corrected chi connectivity index (χ3v) is 6.15. The molecule has 4 rings (SSSR count). The molecule has 6 nitrogen and oxygen atoms in total. The number of carbonyl (C=O) groups excluding carboxylic acids is 2. The zero-order valence-electron chi connectivity index (χ0n) is 17.0. The van der Waals surface area contributed by atoms with E-state index in [2.05, 4.69) is 5.32 Å². The predicted octanol–water partition coefficient (Wildman–Crippen LogP) is 4.44. The SMILES string of the molecule is O=C(NC1CCCC1)[C@@H](c1ccc(Cl)cc1)N(Cc1ccc2c(c1)OCO2)C(=O)CCl. The van der Waals surface area contributed by atoms with Crippen LogP contribution in [0.15, 0.2) is 42.5 Å². The van der Waals surface area contributed by atoms with E-state index in [-0.39, 0.29) is 37.1 Å². The third-order valence-electron chi connectivity index (χ3n) is 5.67. The summed E-state index contributed by atoms with van der Waals surface area (Å²) in [6, 6.07) is 11.8. The summed E-state index contributed by atoms with van der Waals surface area (Å²) < 4.78 is 10.8. The van der Waals surface area contributed by atoms with Gasteiger partial charge in [-0.1, -0.05) is 42.6 Å². The first-order valence-corrected chi connectivity index (χ1v) is 11.3. The van der Waals surface area contributed by atoms with Crippen molar-refractivity contribution in [3.8, 4) is 11.5 Å². The van der Waals surface area contributed by atoms with Gasteiger partial charge < -0.3 is 19.7 Å². The molecule has 1 aliphatic carbocycles. The Hall–Kier alpha value is -2.44. The molecule has 1 aliphatic heterocycles. The van der Waals surface area contributed by atoms with Gasteiger partial charge in [-0.3, -0.25) is 9.59 Å². The summed E-state index contributed by atoms with van der Waals surface area (Å²) in [6.07, 6.45) is 4.09. The Bertz CT molecular complexity index is 945. The Kier molecular flexibility index (Phi) is 6.88. The number of benzene rings is 2. The Morgan fingerprint density at radius 1 is 1.06 bits per heavy atom. The fourth-order valence-corrected chi connectivity index (χ4v) is 4.38. The van der Waals surface area contributed by atoms with Crippen molar-refractivity contribution in [2.45, 2.75) is 44.3 Å². The second-order valence-corrected chi connectivity index (χ2v) is 8.49. The number of carbonyl (C=O) groups is 2. The van der Waals surface area contributed by atoms with Crippen LogP contribution in [0.1, 0.15) is 42.9 Å². The number of amides is 2. The lowest BCUT2D eigenvalue weighted by Gasteiger charge is -2.32. The van der Waals surface area contributed by atoms with E-state index >= 15 is 0 Å². The maximum absolute atomic E-state index is 13.4. The molecule has 164 valence electrons. The highest BCUT2D eigenvalue weighted by Crippen LogP contribution is 2.34. The number of halogens is 2. The molecule has 0 radical (unpaired) electrons. The lowest BCUT2D eigenvalue weighted by molar-refractivity contribution is -0.140. The molecule has 2 aromatic carbocycles. The van der Waals surface area contributed by atoms with E-state index in [1.165, 1.54) is 4.90 Å². The number of nitrogens with one attached hydrogen (secondary N) is 1. The van der Waals surface area contributed by atoms with Gasteiger partial charge in [-0.2, -0.15) is 0 Å². The molecule has 31 heavy (non-hydrogen) atoms. The van der Waals surface area contributed by atoms with Crippen molar-refractivity contribution in [1.29, 1.82) is 0 Å². The molecule has 2 aromatic rings. The van der Waals surface area contributed by atoms with Gasteiger partial charge in [0.25, 0.3) is 0 Å². The summed E-state index contributed by atoms with van der Waals surface area (Å²) in [6.45, 7) is 0.369. The Morgan fingerprint density at radius 3 is 2.48 bits per heavy atom. The molecule has 0 bridgehead atoms. The monoisotopic (exact) mass is 462 g/mol. The van der Waals surface area contributed by atoms with Crippen LogP contribution in [0.5, 0.6) is 11.5 Å². The van der Waals surface area contributed by atoms with Crippen LogP contribution in [0.2, 0.25) is 5.02 Å². The van der Waals surface area contributed by atoms with Gasteiger partial charge in [0, 0.05) is 17.6 Å². The van der Waals surface area contributed by atoms with Crippen LogP contribution in [0.4, 0.5) is 0 Å². The third kappa shape index (κ3) is 5.08. The average Bonchev–Trinajstić information content (AvgIpc) is 3.45. The van der Waals surface area contributed by atoms with E-state index < -0.39 is 6.04 Å². The summed E-state index contributed by atoms with van der Waals surface area (Å²) in [5.41, 5.74) is 1.49. The standard InChI is InChI=1S/C23H24Cl2N2O4/c24-12-21(28)27(13-15-5-10-19-20(11-15)31-14-30-19)22(16-6-8-17(25)9-7-16)23(29)26-18-3-1-2-4-18/h5-11,18,22H,1-4,12-14H2,(H,26,29)/t22-/m1/s1. The van der Waals surface area contributed by atoms with Gasteiger partial charge in [0.2, 0.25) is 18.6 Å². The first-order chi connectivity index (χ1) is 15.0. The lowest BCUT2D eigenvalue weighted by Crippen LogP contribution is -2.46. The largest absolute Gasteiger partial charge is 0.454 e. The first kappa shape index (κ1) is 21.8. The number of ether oxygens (including phenoxy) is 2. The number of alkyl halides is 1. The van der Waals surface area contributed by atoms with Gasteiger partial charge >= 0.3 is 0 Å². The van der Waals surface area contributed by atoms with Crippen LogP contribution >= 0.6 is 23.2 Å². The highest BCUT2D eigenvalue weighted by molar-refractivity contribution is 6.30. The predicted molar refractivity (Wildman–Crippen MR) is 118 cm³/mol. The van der Waals surface area contributed by atoms with E-state index in [1.807, 2.05) is 12.1 Å². The average molecular weight is 463 g/mol. The van der Waals surface area contributed by atoms with Gasteiger partial charge in [0.1, 0.15) is 11.9 Å². The molecular formula is C23H24Cl2N2O4. The smallest absolute Gasteiger partial charge is 0.247 e. The molecule has 2 amide bonds. The molecule has 0 saturated heterocycles. The van der Waals surface area contributed by atoms with Crippen LogP contribution < -0.4 is 14.8 Å². The topological polar surface area (TPSA) is 67.9 Å². The molecule has 1 fully saturated rings. The molecule has 0 spiro atoms. The van der Waals surface area contributed by atoms with Crippen molar-refractivity contribution in [1.82, 2.24) is 10.2 Å². The fraction of sp³-hybridized carbons (Fsp3) is 0.391. The summed E-state index contributed by atoms with van der Waals surface area (Å²) in [5.74, 6) is 0.501. The molecule has 8 heteroatoms. The van der Waals surface area contributed by atoms with Gasteiger partial charge in [-0.05, 0) is 48.2 Å². The van der Waals surface area contributed by atoms with Crippen molar-refractivity contribution in [3.63, 3.8) is 0 Å². The normalized spacial score (nSPS) is 16.2. The Morgan fingerprint density at radius 2 is 1.77 bits per heavy atom. The Labute approximate surface area is 191 Å². The van der Waals surface area contributed by atoms with Gasteiger partial charge in [-0.25, -0.2) is 0 Å². The van der Waals surface area contributed by atoms with E-state index in [4.69, 9.17) is 32.7 Å². The van der Waals surface area contributed by atoms with Crippen LogP contribution in [0.25, 0.3) is 0 Å². The number of fused-ring (bicyclic) bond motifs is 1. The van der Waals surface area contributed by atoms with Crippen LogP contribution in [0.3, 0.4) is 0 Å². The fourth-order valence-electron chi connectivity index (χ4n) is 4.10. The molecular weight excluding hydrogens is 439 g/mol. The minimum Gasteiger partial charge on any atom is -0.454 e. The maximum Gasteiger partial charge on any atom is 0.247 e. The quantitative estimate of drug-likeness (QED) is 0.617. The highest BCUT2D eigenvalue weighted by Gasteiger charge is 2.33. The van der Waals surface area contributed by atoms with Crippen LogP contribution in [-0.4, -0.2) is 35.4 Å². The number of rotatable bonds is 7. The van der Waals surface area contributed by atoms with Crippen LogP contribution in [0, 0.1) is 0 Å².